The fourth-order valence-corrected chi connectivity index (χ4v) is 4.69. The Morgan fingerprint density at radius 3 is 2.47 bits per heavy atom. The highest BCUT2D eigenvalue weighted by atomic mass is 15.3. The first-order valence-electron chi connectivity index (χ1n) is 11.2. The van der Waals surface area contributed by atoms with Gasteiger partial charge in [0.15, 0.2) is 5.82 Å². The topological polar surface area (TPSA) is 63.0 Å². The predicted molar refractivity (Wildman–Crippen MR) is 127 cm³/mol. The molecule has 1 saturated heterocycles. The Labute approximate surface area is 188 Å². The monoisotopic (exact) mass is 427 g/mol. The number of fused-ring (bicyclic) bond motifs is 1. The van der Waals surface area contributed by atoms with Crippen LogP contribution in [0, 0.1) is 6.92 Å². The lowest BCUT2D eigenvalue weighted by Gasteiger charge is -2.37. The molecule has 7 heteroatoms. The van der Waals surface area contributed by atoms with E-state index in [4.69, 9.17) is 0 Å². The number of hydrogen-bond acceptors (Lipinski definition) is 6. The van der Waals surface area contributed by atoms with E-state index in [1.165, 1.54) is 11.3 Å². The lowest BCUT2D eigenvalue weighted by atomic mass is 10.0. The van der Waals surface area contributed by atoms with Crippen LogP contribution in [-0.4, -0.2) is 56.0 Å². The Hall–Kier alpha value is -3.32. The molecule has 1 aliphatic heterocycles. The summed E-state index contributed by atoms with van der Waals surface area (Å²) >= 11 is 0. The molecular weight excluding hydrogens is 398 g/mol. The molecule has 0 saturated carbocycles. The van der Waals surface area contributed by atoms with Gasteiger partial charge in [-0.2, -0.15) is 5.10 Å². The van der Waals surface area contributed by atoms with Crippen LogP contribution in [0.25, 0.3) is 22.2 Å². The van der Waals surface area contributed by atoms with E-state index in [0.29, 0.717) is 6.04 Å². The van der Waals surface area contributed by atoms with Gasteiger partial charge < -0.3 is 4.90 Å². The van der Waals surface area contributed by atoms with Crippen molar-refractivity contribution in [2.24, 2.45) is 7.05 Å². The number of aromatic nitrogens is 5. The first kappa shape index (κ1) is 20.6. The van der Waals surface area contributed by atoms with Crippen molar-refractivity contribution >= 4 is 16.6 Å². The van der Waals surface area contributed by atoms with Crippen molar-refractivity contribution in [3.8, 4) is 11.4 Å². The van der Waals surface area contributed by atoms with Crippen LogP contribution in [0.4, 0.5) is 5.82 Å². The molecule has 0 unspecified atom stereocenters. The van der Waals surface area contributed by atoms with Gasteiger partial charge in [-0.25, -0.2) is 0 Å². The molecule has 0 N–H and O–H groups in total. The minimum atomic E-state index is 0.542. The molecule has 7 nitrogen and oxygen atoms in total. The lowest BCUT2D eigenvalue weighted by Crippen LogP contribution is -2.43. The van der Waals surface area contributed by atoms with Crippen LogP contribution >= 0.6 is 0 Å². The number of hydrogen-bond donors (Lipinski definition) is 0. The first-order valence-corrected chi connectivity index (χ1v) is 11.2. The van der Waals surface area contributed by atoms with Crippen LogP contribution < -0.4 is 4.90 Å². The minimum Gasteiger partial charge on any atom is -0.354 e. The normalized spacial score (nSPS) is 15.1. The molecule has 0 radical (unpaired) electrons. The highest BCUT2D eigenvalue weighted by Gasteiger charge is 2.25. The van der Waals surface area contributed by atoms with Gasteiger partial charge in [-0.1, -0.05) is 30.3 Å². The van der Waals surface area contributed by atoms with Crippen LogP contribution in [0.1, 0.15) is 24.1 Å². The van der Waals surface area contributed by atoms with Crippen molar-refractivity contribution in [3.05, 3.63) is 66.1 Å². The first-order chi connectivity index (χ1) is 15.6. The van der Waals surface area contributed by atoms with Crippen LogP contribution in [0.2, 0.25) is 0 Å². The predicted octanol–water partition coefficient (Wildman–Crippen LogP) is 3.83. The number of pyridine rings is 1. The van der Waals surface area contributed by atoms with Crippen LogP contribution in [0.3, 0.4) is 0 Å². The van der Waals surface area contributed by atoms with Gasteiger partial charge in [-0.15, -0.1) is 10.2 Å². The smallest absolute Gasteiger partial charge is 0.159 e. The molecule has 0 amide bonds. The van der Waals surface area contributed by atoms with E-state index in [1.807, 2.05) is 30.1 Å². The molecule has 4 aromatic rings. The molecule has 164 valence electrons. The summed E-state index contributed by atoms with van der Waals surface area (Å²) in [5.41, 5.74) is 4.28. The summed E-state index contributed by atoms with van der Waals surface area (Å²) in [4.78, 5) is 9.40. The van der Waals surface area contributed by atoms with E-state index in [2.05, 4.69) is 74.4 Å². The Bertz CT molecular complexity index is 1220. The third-order valence-corrected chi connectivity index (χ3v) is 6.64. The van der Waals surface area contributed by atoms with Crippen molar-refractivity contribution < 1.29 is 0 Å². The molecule has 0 aliphatic carbocycles. The molecule has 0 atom stereocenters. The maximum Gasteiger partial charge on any atom is 0.159 e. The lowest BCUT2D eigenvalue weighted by molar-refractivity contribution is 0.198. The van der Waals surface area contributed by atoms with Gasteiger partial charge >= 0.3 is 0 Å². The van der Waals surface area contributed by atoms with Gasteiger partial charge in [0.2, 0.25) is 0 Å². The van der Waals surface area contributed by atoms with Gasteiger partial charge in [0.25, 0.3) is 0 Å². The van der Waals surface area contributed by atoms with E-state index in [1.54, 1.807) is 6.20 Å². The second kappa shape index (κ2) is 8.67. The van der Waals surface area contributed by atoms with E-state index in [0.717, 1.165) is 60.5 Å². The second-order valence-electron chi connectivity index (χ2n) is 8.66. The van der Waals surface area contributed by atoms with Crippen LogP contribution in [-0.2, 0) is 13.6 Å². The van der Waals surface area contributed by atoms with Crippen molar-refractivity contribution in [1.29, 1.82) is 0 Å². The summed E-state index contributed by atoms with van der Waals surface area (Å²) in [7, 11) is 4.15. The third-order valence-electron chi connectivity index (χ3n) is 6.64. The summed E-state index contributed by atoms with van der Waals surface area (Å²) in [6.45, 7) is 4.97. The number of piperidine rings is 1. The fourth-order valence-electron chi connectivity index (χ4n) is 4.69. The molecule has 1 fully saturated rings. The average Bonchev–Trinajstić information content (AvgIpc) is 3.25. The van der Waals surface area contributed by atoms with Gasteiger partial charge in [-0.05, 0) is 44.5 Å². The summed E-state index contributed by atoms with van der Waals surface area (Å²) in [6.07, 6.45) is 5.88. The fraction of sp³-hybridized carbons (Fsp3) is 0.360. The summed E-state index contributed by atoms with van der Waals surface area (Å²) < 4.78 is 1.85. The van der Waals surface area contributed by atoms with Gasteiger partial charge in [0.05, 0.1) is 11.4 Å². The Morgan fingerprint density at radius 1 is 0.969 bits per heavy atom. The number of nitrogens with zero attached hydrogens (tertiary/aromatic N) is 7. The van der Waals surface area contributed by atoms with Gasteiger partial charge in [0.1, 0.15) is 5.69 Å². The Morgan fingerprint density at radius 2 is 1.75 bits per heavy atom. The number of benzene rings is 1. The van der Waals surface area contributed by atoms with Gasteiger partial charge in [-0.3, -0.25) is 14.6 Å². The summed E-state index contributed by atoms with van der Waals surface area (Å²) in [5, 5.41) is 15.9. The summed E-state index contributed by atoms with van der Waals surface area (Å²) in [5.74, 6) is 0.980. The van der Waals surface area contributed by atoms with E-state index in [9.17, 15) is 0 Å². The zero-order chi connectivity index (χ0) is 22.1. The van der Waals surface area contributed by atoms with Crippen LogP contribution in [0.5, 0.6) is 0 Å². The second-order valence-corrected chi connectivity index (χ2v) is 8.66. The molecule has 3 aromatic heterocycles. The molecular formula is C25H29N7. The molecule has 1 aliphatic rings. The molecule has 4 heterocycles. The largest absolute Gasteiger partial charge is 0.354 e. The van der Waals surface area contributed by atoms with E-state index < -0.39 is 0 Å². The maximum atomic E-state index is 4.69. The third kappa shape index (κ3) is 3.84. The highest BCUT2D eigenvalue weighted by molar-refractivity contribution is 5.99. The van der Waals surface area contributed by atoms with E-state index in [-0.39, 0.29) is 0 Å². The molecule has 1 aromatic carbocycles. The standard InChI is InChI=1S/C25H29N7/c1-18-7-6-13-26-22(18)17-30(2)19-11-15-32(16-12-19)25-21-9-5-4-8-20(21)24(28-29-25)23-10-14-27-31(23)3/h4-10,13-14,19H,11-12,15-17H2,1-3H3. The Kier molecular flexibility index (Phi) is 5.57. The number of anilines is 1. The van der Waals surface area contributed by atoms with Crippen molar-refractivity contribution in [2.45, 2.75) is 32.4 Å². The minimum absolute atomic E-state index is 0.542. The average molecular weight is 428 g/mol. The maximum absolute atomic E-state index is 4.69. The van der Waals surface area contributed by atoms with Crippen molar-refractivity contribution in [3.63, 3.8) is 0 Å². The van der Waals surface area contributed by atoms with E-state index >= 15 is 0 Å². The molecule has 0 spiro atoms. The SMILES string of the molecule is Cc1cccnc1CN(C)C1CCN(c2nnc(-c3ccnn3C)c3ccccc23)CC1. The molecule has 5 rings (SSSR count). The molecule has 0 bridgehead atoms. The zero-order valence-corrected chi connectivity index (χ0v) is 18.9. The summed E-state index contributed by atoms with van der Waals surface area (Å²) in [6, 6.07) is 15.1. The number of rotatable bonds is 5. The zero-order valence-electron chi connectivity index (χ0n) is 18.9. The molecule has 32 heavy (non-hydrogen) atoms. The number of aryl methyl sites for hydroxylation is 2. The van der Waals surface area contributed by atoms with Gasteiger partial charge in [0, 0.05) is 55.9 Å². The Balaban J connectivity index is 1.34. The highest BCUT2D eigenvalue weighted by Crippen LogP contribution is 2.32. The quantitative estimate of drug-likeness (QED) is 0.482. The van der Waals surface area contributed by atoms with Crippen molar-refractivity contribution in [2.75, 3.05) is 25.0 Å². The van der Waals surface area contributed by atoms with Crippen LogP contribution in [0.15, 0.2) is 54.9 Å². The van der Waals surface area contributed by atoms with Crippen molar-refractivity contribution in [1.82, 2.24) is 29.9 Å².